The van der Waals surface area contributed by atoms with E-state index >= 15 is 0 Å². The van der Waals surface area contributed by atoms with Gasteiger partial charge in [-0.25, -0.2) is 0 Å². The average Bonchev–Trinajstić information content (AvgIpc) is 2.68. The van der Waals surface area contributed by atoms with E-state index in [9.17, 15) is 0 Å². The van der Waals surface area contributed by atoms with Crippen LogP contribution in [0.4, 0.5) is 0 Å². The van der Waals surface area contributed by atoms with Crippen LogP contribution < -0.4 is 0 Å². The molecule has 0 aromatic carbocycles. The van der Waals surface area contributed by atoms with Gasteiger partial charge in [-0.2, -0.15) is 0 Å². The lowest BCUT2D eigenvalue weighted by Crippen LogP contribution is -2.32. The molecule has 0 spiro atoms. The Bertz CT molecular complexity index is 238. The van der Waals surface area contributed by atoms with Crippen molar-refractivity contribution >= 4 is 0 Å². The van der Waals surface area contributed by atoms with Gasteiger partial charge in [0, 0.05) is 0 Å². The molecule has 0 amide bonds. The van der Waals surface area contributed by atoms with Crippen LogP contribution in [0, 0.1) is 22.2 Å². The van der Waals surface area contributed by atoms with E-state index in [0.717, 1.165) is 5.92 Å². The Kier molecular flexibility index (Phi) is 11.7. The van der Waals surface area contributed by atoms with Crippen molar-refractivity contribution in [2.24, 2.45) is 22.2 Å². The largest absolute Gasteiger partial charge is 0.0649 e. The molecule has 152 valence electrons. The fraction of sp³-hybridized carbons (Fsp3) is 1.00. The van der Waals surface area contributed by atoms with E-state index in [4.69, 9.17) is 0 Å². The lowest BCUT2D eigenvalue weighted by Gasteiger charge is -2.43. The predicted molar refractivity (Wildman–Crippen MR) is 117 cm³/mol. The van der Waals surface area contributed by atoms with Crippen LogP contribution in [0.5, 0.6) is 0 Å². The van der Waals surface area contributed by atoms with Crippen molar-refractivity contribution in [3.05, 3.63) is 0 Å². The Balaban J connectivity index is 5.64. The SMILES string of the molecule is CCC(CC)(CC)CC(CC(CC)(CC)CC)CC(CC)(CC)CC. The molecule has 0 radical (unpaired) electrons. The van der Waals surface area contributed by atoms with Gasteiger partial charge in [0.1, 0.15) is 0 Å². The highest BCUT2D eigenvalue weighted by atomic mass is 14.4. The normalized spacial score (nSPS) is 13.7. The molecule has 25 heavy (non-hydrogen) atoms. The molecule has 0 heteroatoms. The Labute approximate surface area is 161 Å². The lowest BCUT2D eigenvalue weighted by molar-refractivity contribution is 0.0781. The highest BCUT2D eigenvalue weighted by molar-refractivity contribution is 4.88. The molecule has 0 atom stereocenters. The molecule has 0 aliphatic rings. The summed E-state index contributed by atoms with van der Waals surface area (Å²) in [6, 6.07) is 0. The van der Waals surface area contributed by atoms with E-state index in [1.165, 1.54) is 77.0 Å². The summed E-state index contributed by atoms with van der Waals surface area (Å²) in [5.74, 6) is 0.902. The van der Waals surface area contributed by atoms with Gasteiger partial charge < -0.3 is 0 Å². The first-order valence-corrected chi connectivity index (χ1v) is 11.8. The minimum Gasteiger partial charge on any atom is -0.0649 e. The molecule has 0 N–H and O–H groups in total. The van der Waals surface area contributed by atoms with E-state index < -0.39 is 0 Å². The Hall–Kier alpha value is 0. The van der Waals surface area contributed by atoms with E-state index in [2.05, 4.69) is 62.3 Å². The molecule has 0 unspecified atom stereocenters. The van der Waals surface area contributed by atoms with Crippen molar-refractivity contribution in [3.8, 4) is 0 Å². The van der Waals surface area contributed by atoms with Crippen LogP contribution in [0.1, 0.15) is 139 Å². The standard InChI is InChI=1S/C25H52/c1-10-23(11-2,12-3)19-22(20-24(13-4,14-5)15-6)21-25(16-7,17-8)18-9/h22H,10-21H2,1-9H3. The van der Waals surface area contributed by atoms with Crippen LogP contribution in [0.25, 0.3) is 0 Å². The first kappa shape index (κ1) is 25.0. The van der Waals surface area contributed by atoms with Gasteiger partial charge in [0.2, 0.25) is 0 Å². The molecular formula is C25H52. The summed E-state index contributed by atoms with van der Waals surface area (Å²) in [6.45, 7) is 21.9. The van der Waals surface area contributed by atoms with Gasteiger partial charge in [0.05, 0.1) is 0 Å². The Morgan fingerprint density at radius 3 is 0.640 bits per heavy atom. The topological polar surface area (TPSA) is 0 Å². The first-order chi connectivity index (χ1) is 11.8. The predicted octanol–water partition coefficient (Wildman–Crippen LogP) is 9.42. The van der Waals surface area contributed by atoms with Crippen LogP contribution in [0.15, 0.2) is 0 Å². The zero-order chi connectivity index (χ0) is 19.6. The van der Waals surface area contributed by atoms with E-state index in [1.54, 1.807) is 0 Å². The summed E-state index contributed by atoms with van der Waals surface area (Å²) < 4.78 is 0. The summed E-state index contributed by atoms with van der Waals surface area (Å²) >= 11 is 0. The number of hydrogen-bond donors (Lipinski definition) is 0. The Morgan fingerprint density at radius 2 is 0.520 bits per heavy atom. The second kappa shape index (κ2) is 11.7. The summed E-state index contributed by atoms with van der Waals surface area (Å²) in [6.07, 6.45) is 16.5. The molecule has 0 aromatic rings. The highest BCUT2D eigenvalue weighted by Crippen LogP contribution is 2.49. The summed E-state index contributed by atoms with van der Waals surface area (Å²) in [4.78, 5) is 0. The van der Waals surface area contributed by atoms with Crippen LogP contribution >= 0.6 is 0 Å². The van der Waals surface area contributed by atoms with Crippen molar-refractivity contribution in [1.29, 1.82) is 0 Å². The second-order valence-electron chi connectivity index (χ2n) is 9.16. The molecule has 0 aliphatic carbocycles. The zero-order valence-electron chi connectivity index (χ0n) is 19.6. The summed E-state index contributed by atoms with van der Waals surface area (Å²) in [5, 5.41) is 0. The van der Waals surface area contributed by atoms with Crippen LogP contribution in [0.3, 0.4) is 0 Å². The van der Waals surface area contributed by atoms with Crippen molar-refractivity contribution in [2.75, 3.05) is 0 Å². The van der Waals surface area contributed by atoms with Gasteiger partial charge >= 0.3 is 0 Å². The molecule has 0 rings (SSSR count). The maximum absolute atomic E-state index is 2.43. The molecule has 0 heterocycles. The molecule has 0 fully saturated rings. The molecule has 0 aliphatic heterocycles. The van der Waals surface area contributed by atoms with Crippen LogP contribution in [-0.2, 0) is 0 Å². The second-order valence-corrected chi connectivity index (χ2v) is 9.16. The van der Waals surface area contributed by atoms with E-state index in [1.807, 2.05) is 0 Å². The third-order valence-electron chi connectivity index (χ3n) is 8.92. The van der Waals surface area contributed by atoms with Crippen LogP contribution in [-0.4, -0.2) is 0 Å². The average molecular weight is 353 g/mol. The minimum absolute atomic E-state index is 0.576. The van der Waals surface area contributed by atoms with E-state index in [0.29, 0.717) is 16.2 Å². The number of hydrogen-bond acceptors (Lipinski definition) is 0. The molecule has 0 aromatic heterocycles. The van der Waals surface area contributed by atoms with Gasteiger partial charge in [-0.1, -0.05) is 120 Å². The fourth-order valence-corrected chi connectivity index (χ4v) is 5.60. The van der Waals surface area contributed by atoms with Gasteiger partial charge in [-0.3, -0.25) is 0 Å². The Morgan fingerprint density at radius 1 is 0.360 bits per heavy atom. The minimum atomic E-state index is 0.576. The number of rotatable bonds is 15. The zero-order valence-corrected chi connectivity index (χ0v) is 19.6. The molecule has 0 saturated carbocycles. The highest BCUT2D eigenvalue weighted by Gasteiger charge is 2.37. The van der Waals surface area contributed by atoms with Crippen molar-refractivity contribution in [3.63, 3.8) is 0 Å². The summed E-state index contributed by atoms with van der Waals surface area (Å²) in [7, 11) is 0. The fourth-order valence-electron chi connectivity index (χ4n) is 5.60. The van der Waals surface area contributed by atoms with Crippen molar-refractivity contribution < 1.29 is 0 Å². The maximum Gasteiger partial charge on any atom is -0.0303 e. The third kappa shape index (κ3) is 6.59. The molecule has 0 nitrogen and oxygen atoms in total. The smallest absolute Gasteiger partial charge is 0.0303 e. The van der Waals surface area contributed by atoms with Gasteiger partial charge in [0.25, 0.3) is 0 Å². The van der Waals surface area contributed by atoms with E-state index in [-0.39, 0.29) is 0 Å². The maximum atomic E-state index is 2.43. The third-order valence-corrected chi connectivity index (χ3v) is 8.92. The first-order valence-electron chi connectivity index (χ1n) is 11.8. The quantitative estimate of drug-likeness (QED) is 0.275. The van der Waals surface area contributed by atoms with Crippen molar-refractivity contribution in [2.45, 2.75) is 139 Å². The van der Waals surface area contributed by atoms with Crippen LogP contribution in [0.2, 0.25) is 0 Å². The van der Waals surface area contributed by atoms with Crippen molar-refractivity contribution in [1.82, 2.24) is 0 Å². The molecule has 0 saturated heterocycles. The van der Waals surface area contributed by atoms with Gasteiger partial charge in [-0.05, 0) is 41.4 Å². The molecule has 0 bridgehead atoms. The van der Waals surface area contributed by atoms with Gasteiger partial charge in [-0.15, -0.1) is 0 Å². The lowest BCUT2D eigenvalue weighted by atomic mass is 9.62. The molecular weight excluding hydrogens is 300 g/mol. The van der Waals surface area contributed by atoms with Gasteiger partial charge in [0.15, 0.2) is 0 Å². The monoisotopic (exact) mass is 352 g/mol. The summed E-state index contributed by atoms with van der Waals surface area (Å²) in [5.41, 5.74) is 1.73.